The van der Waals surface area contributed by atoms with E-state index in [-0.39, 0.29) is 36.1 Å². The van der Waals surface area contributed by atoms with Crippen molar-refractivity contribution in [3.8, 4) is 0 Å². The number of likely N-dealkylation sites (tertiary alicyclic amines) is 1. The van der Waals surface area contributed by atoms with Gasteiger partial charge in [-0.15, -0.1) is 0 Å². The lowest BCUT2D eigenvalue weighted by atomic mass is 9.77. The zero-order valence-corrected chi connectivity index (χ0v) is 22.0. The molecule has 0 spiro atoms. The lowest BCUT2D eigenvalue weighted by Crippen LogP contribution is -2.52. The minimum Gasteiger partial charge on any atom is -0.344 e. The standard InChI is InChI=1S/C25H29ClFN5O3S/c1-4-36(34,35)30-21-9-16(19-13-31(3)25(33)23-18(19)7-8-28-23)10-22-24(21)29-14(2)32(22)12-15-5-6-17(26)11-20(15)27/h5-6,9-11,18-19,23,28,30H,4,7-8,12-13H2,1-3H3. The Balaban J connectivity index is 1.66. The van der Waals surface area contributed by atoms with Gasteiger partial charge in [0.15, 0.2) is 0 Å². The second kappa shape index (κ2) is 9.32. The molecule has 8 nitrogen and oxygen atoms in total. The Bertz CT molecular complexity index is 1460. The third-order valence-electron chi connectivity index (χ3n) is 7.38. The lowest BCUT2D eigenvalue weighted by Gasteiger charge is -2.38. The van der Waals surface area contributed by atoms with Crippen molar-refractivity contribution >= 4 is 44.3 Å². The van der Waals surface area contributed by atoms with E-state index in [2.05, 4.69) is 15.0 Å². The van der Waals surface area contributed by atoms with Gasteiger partial charge in [0.05, 0.1) is 29.5 Å². The van der Waals surface area contributed by atoms with Gasteiger partial charge in [-0.2, -0.15) is 0 Å². The molecule has 36 heavy (non-hydrogen) atoms. The fourth-order valence-electron chi connectivity index (χ4n) is 5.45. The second-order valence-corrected chi connectivity index (χ2v) is 12.1. The summed E-state index contributed by atoms with van der Waals surface area (Å²) in [6.45, 7) is 4.90. The van der Waals surface area contributed by atoms with Crippen LogP contribution in [0.4, 0.5) is 10.1 Å². The maximum atomic E-state index is 14.7. The molecule has 192 valence electrons. The topological polar surface area (TPSA) is 96.3 Å². The van der Waals surface area contributed by atoms with Crippen LogP contribution in [-0.2, 0) is 21.4 Å². The van der Waals surface area contributed by atoms with Crippen molar-refractivity contribution in [1.82, 2.24) is 19.8 Å². The van der Waals surface area contributed by atoms with E-state index in [1.165, 1.54) is 6.07 Å². The fourth-order valence-corrected chi connectivity index (χ4v) is 6.24. The first-order valence-corrected chi connectivity index (χ1v) is 14.0. The van der Waals surface area contributed by atoms with Gasteiger partial charge in [0.2, 0.25) is 15.9 Å². The Labute approximate surface area is 214 Å². The molecule has 3 unspecified atom stereocenters. The molecular formula is C25H29ClFN5O3S. The highest BCUT2D eigenvalue weighted by Crippen LogP contribution is 2.40. The summed E-state index contributed by atoms with van der Waals surface area (Å²) in [5.74, 6) is 0.333. The number of sulfonamides is 1. The summed E-state index contributed by atoms with van der Waals surface area (Å²) in [6, 6.07) is 8.16. The van der Waals surface area contributed by atoms with Crippen molar-refractivity contribution < 1.29 is 17.6 Å². The summed E-state index contributed by atoms with van der Waals surface area (Å²) in [7, 11) is -1.78. The van der Waals surface area contributed by atoms with Crippen molar-refractivity contribution in [2.75, 3.05) is 30.6 Å². The number of benzene rings is 2. The number of halogens is 2. The van der Waals surface area contributed by atoms with Crippen LogP contribution in [0.25, 0.3) is 11.0 Å². The smallest absolute Gasteiger partial charge is 0.239 e. The minimum atomic E-state index is -3.57. The van der Waals surface area contributed by atoms with Gasteiger partial charge >= 0.3 is 0 Å². The van der Waals surface area contributed by atoms with E-state index < -0.39 is 15.8 Å². The van der Waals surface area contributed by atoms with Crippen LogP contribution in [0.3, 0.4) is 0 Å². The third kappa shape index (κ3) is 4.46. The molecule has 3 heterocycles. The van der Waals surface area contributed by atoms with Crippen molar-refractivity contribution in [3.63, 3.8) is 0 Å². The average Bonchev–Trinajstić information content (AvgIpc) is 3.43. The van der Waals surface area contributed by atoms with Gasteiger partial charge in [-0.3, -0.25) is 9.52 Å². The predicted octanol–water partition coefficient (Wildman–Crippen LogP) is 3.48. The highest BCUT2D eigenvalue weighted by Gasteiger charge is 2.44. The molecule has 2 saturated heterocycles. The quantitative estimate of drug-likeness (QED) is 0.506. The zero-order valence-electron chi connectivity index (χ0n) is 20.4. The second-order valence-electron chi connectivity index (χ2n) is 9.63. The molecule has 3 atom stereocenters. The van der Waals surface area contributed by atoms with Gasteiger partial charge in [0, 0.05) is 30.1 Å². The number of piperidine rings is 1. The number of aryl methyl sites for hydroxylation is 1. The molecule has 2 aliphatic rings. The van der Waals surface area contributed by atoms with E-state index in [1.54, 1.807) is 31.0 Å². The van der Waals surface area contributed by atoms with Crippen molar-refractivity contribution in [3.05, 3.63) is 58.1 Å². The van der Waals surface area contributed by atoms with E-state index in [0.717, 1.165) is 18.5 Å². The summed E-state index contributed by atoms with van der Waals surface area (Å²) in [5, 5.41) is 3.64. The number of aromatic nitrogens is 2. The maximum Gasteiger partial charge on any atom is 0.239 e. The summed E-state index contributed by atoms with van der Waals surface area (Å²) in [6.07, 6.45) is 0.858. The number of carbonyl (C=O) groups excluding carboxylic acids is 1. The van der Waals surface area contributed by atoms with E-state index in [9.17, 15) is 17.6 Å². The van der Waals surface area contributed by atoms with E-state index >= 15 is 0 Å². The van der Waals surface area contributed by atoms with Crippen molar-refractivity contribution in [1.29, 1.82) is 0 Å². The molecule has 2 aliphatic heterocycles. The molecule has 11 heteroatoms. The molecule has 0 bridgehead atoms. The highest BCUT2D eigenvalue weighted by atomic mass is 35.5. The number of likely N-dealkylation sites (N-methyl/N-ethyl adjacent to an activating group) is 1. The number of fused-ring (bicyclic) bond motifs is 2. The van der Waals surface area contributed by atoms with Crippen LogP contribution in [-0.4, -0.2) is 60.7 Å². The molecular weight excluding hydrogens is 505 g/mol. The number of nitrogens with one attached hydrogen (secondary N) is 2. The Kier molecular flexibility index (Phi) is 6.46. The SMILES string of the molecule is CCS(=O)(=O)Nc1cc(C2CN(C)C(=O)C3NCCC32)cc2c1nc(C)n2Cc1ccc(Cl)cc1F. The fraction of sp³-hybridized carbons (Fsp3) is 0.440. The first-order valence-electron chi connectivity index (χ1n) is 12.0. The number of nitrogens with zero attached hydrogens (tertiary/aromatic N) is 3. The molecule has 1 aromatic heterocycles. The summed E-state index contributed by atoms with van der Waals surface area (Å²) < 4.78 is 44.4. The Morgan fingerprint density at radius 3 is 2.78 bits per heavy atom. The minimum absolute atomic E-state index is 0.0119. The van der Waals surface area contributed by atoms with Crippen molar-refractivity contribution in [2.45, 2.75) is 38.8 Å². The van der Waals surface area contributed by atoms with Gasteiger partial charge < -0.3 is 14.8 Å². The van der Waals surface area contributed by atoms with Gasteiger partial charge in [0.25, 0.3) is 0 Å². The van der Waals surface area contributed by atoms with Crippen LogP contribution in [0.1, 0.15) is 36.2 Å². The molecule has 0 aliphatic carbocycles. The summed E-state index contributed by atoms with van der Waals surface area (Å²) in [5.41, 5.74) is 2.97. The molecule has 2 fully saturated rings. The van der Waals surface area contributed by atoms with Crippen LogP contribution in [0.5, 0.6) is 0 Å². The van der Waals surface area contributed by atoms with Crippen LogP contribution < -0.4 is 10.0 Å². The molecule has 1 amide bonds. The molecule has 0 saturated carbocycles. The van der Waals surface area contributed by atoms with E-state index in [4.69, 9.17) is 11.6 Å². The average molecular weight is 534 g/mol. The number of hydrogen-bond acceptors (Lipinski definition) is 5. The van der Waals surface area contributed by atoms with E-state index in [1.807, 2.05) is 23.6 Å². The van der Waals surface area contributed by atoms with Crippen LogP contribution in [0, 0.1) is 18.7 Å². The largest absolute Gasteiger partial charge is 0.344 e. The molecule has 2 aromatic carbocycles. The number of anilines is 1. The molecule has 2 N–H and O–H groups in total. The first kappa shape index (κ1) is 25.0. The molecule has 5 rings (SSSR count). The number of imidazole rings is 1. The summed E-state index contributed by atoms with van der Waals surface area (Å²) in [4.78, 5) is 19.1. The van der Waals surface area contributed by atoms with Crippen molar-refractivity contribution in [2.24, 2.45) is 5.92 Å². The summed E-state index contributed by atoms with van der Waals surface area (Å²) >= 11 is 5.94. The normalized spacial score (nSPS) is 22.3. The highest BCUT2D eigenvalue weighted by molar-refractivity contribution is 7.92. The molecule has 3 aromatic rings. The maximum absolute atomic E-state index is 14.7. The van der Waals surface area contributed by atoms with E-state index in [0.29, 0.717) is 39.7 Å². The monoisotopic (exact) mass is 533 g/mol. The van der Waals surface area contributed by atoms with Gasteiger partial charge in [-0.05, 0) is 62.6 Å². The first-order chi connectivity index (χ1) is 17.1. The van der Waals surface area contributed by atoms with Crippen LogP contribution >= 0.6 is 11.6 Å². The lowest BCUT2D eigenvalue weighted by molar-refractivity contribution is -0.136. The Morgan fingerprint density at radius 2 is 2.06 bits per heavy atom. The van der Waals surface area contributed by atoms with Gasteiger partial charge in [0.1, 0.15) is 17.2 Å². The number of rotatable bonds is 6. The Hall–Kier alpha value is -2.69. The number of carbonyl (C=O) groups is 1. The predicted molar refractivity (Wildman–Crippen MR) is 138 cm³/mol. The van der Waals surface area contributed by atoms with Crippen LogP contribution in [0.2, 0.25) is 5.02 Å². The Morgan fingerprint density at radius 1 is 1.28 bits per heavy atom. The van der Waals surface area contributed by atoms with Crippen LogP contribution in [0.15, 0.2) is 30.3 Å². The van der Waals surface area contributed by atoms with Gasteiger partial charge in [-0.25, -0.2) is 17.8 Å². The number of hydrogen-bond donors (Lipinski definition) is 2. The van der Waals surface area contributed by atoms with Gasteiger partial charge in [-0.1, -0.05) is 17.7 Å². The zero-order chi connectivity index (χ0) is 25.8. The number of amides is 1. The molecule has 0 radical (unpaired) electrons. The third-order valence-corrected chi connectivity index (χ3v) is 8.91.